The quantitative estimate of drug-likeness (QED) is 0.700. The van der Waals surface area contributed by atoms with E-state index in [1.54, 1.807) is 12.3 Å². The molecule has 0 aliphatic rings. The number of rotatable bonds is 5. The number of pyridine rings is 1. The first-order valence-corrected chi connectivity index (χ1v) is 8.66. The highest BCUT2D eigenvalue weighted by Gasteiger charge is 2.13. The number of fused-ring (bicyclic) bond motifs is 1. The van der Waals surface area contributed by atoms with Crippen molar-refractivity contribution in [1.29, 1.82) is 0 Å². The molecule has 0 saturated carbocycles. The average molecular weight is 349 g/mol. The van der Waals surface area contributed by atoms with Crippen molar-refractivity contribution in [1.82, 2.24) is 9.38 Å². The second-order valence-corrected chi connectivity index (χ2v) is 6.42. The fourth-order valence-corrected chi connectivity index (χ4v) is 3.06. The summed E-state index contributed by atoms with van der Waals surface area (Å²) in [5.74, 6) is -0.499. The van der Waals surface area contributed by atoms with Gasteiger partial charge in [-0.1, -0.05) is 25.1 Å². The minimum Gasteiger partial charge on any atom is -0.366 e. The molecule has 0 unspecified atom stereocenters. The van der Waals surface area contributed by atoms with Gasteiger partial charge >= 0.3 is 0 Å². The third-order valence-electron chi connectivity index (χ3n) is 4.76. The first-order chi connectivity index (χ1) is 12.4. The number of imidazole rings is 1. The second kappa shape index (κ2) is 7.07. The number of carbonyl (C=O) groups is 1. The number of aryl methyl sites for hydroxylation is 4. The zero-order chi connectivity index (χ0) is 18.8. The van der Waals surface area contributed by atoms with E-state index in [-0.39, 0.29) is 0 Å². The van der Waals surface area contributed by atoms with Gasteiger partial charge in [0.05, 0.1) is 17.8 Å². The topological polar surface area (TPSA) is 85.1 Å². The van der Waals surface area contributed by atoms with Crippen LogP contribution < -0.4 is 5.73 Å². The Balaban J connectivity index is 2.02. The van der Waals surface area contributed by atoms with Crippen molar-refractivity contribution in [2.45, 2.75) is 40.7 Å². The summed E-state index contributed by atoms with van der Waals surface area (Å²) in [5.41, 5.74) is 12.6. The lowest BCUT2D eigenvalue weighted by molar-refractivity contribution is 0.1000. The van der Waals surface area contributed by atoms with Crippen molar-refractivity contribution in [2.24, 2.45) is 16.0 Å². The van der Waals surface area contributed by atoms with Gasteiger partial charge in [0.2, 0.25) is 5.91 Å². The Morgan fingerprint density at radius 2 is 2.04 bits per heavy atom. The number of nitrogens with zero attached hydrogens (tertiary/aromatic N) is 4. The molecule has 0 fully saturated rings. The number of carbonyl (C=O) groups excluding carboxylic acids is 1. The zero-order valence-corrected chi connectivity index (χ0v) is 15.6. The van der Waals surface area contributed by atoms with Gasteiger partial charge in [-0.3, -0.25) is 4.79 Å². The first-order valence-electron chi connectivity index (χ1n) is 8.66. The van der Waals surface area contributed by atoms with Crippen molar-refractivity contribution in [2.75, 3.05) is 0 Å². The smallest absolute Gasteiger partial charge is 0.250 e. The Kier molecular flexibility index (Phi) is 4.84. The summed E-state index contributed by atoms with van der Waals surface area (Å²) in [4.78, 5) is 16.2. The maximum atomic E-state index is 11.7. The number of hydrogen-bond donors (Lipinski definition) is 1. The zero-order valence-electron chi connectivity index (χ0n) is 15.6. The maximum absolute atomic E-state index is 11.7. The Bertz CT molecular complexity index is 1020. The van der Waals surface area contributed by atoms with Gasteiger partial charge in [-0.25, -0.2) is 4.98 Å². The molecule has 0 radical (unpaired) electrons. The summed E-state index contributed by atoms with van der Waals surface area (Å²) in [5, 5.41) is 8.77. The van der Waals surface area contributed by atoms with Crippen LogP contribution >= 0.6 is 0 Å². The van der Waals surface area contributed by atoms with E-state index in [2.05, 4.69) is 47.3 Å². The highest BCUT2D eigenvalue weighted by Crippen LogP contribution is 2.25. The van der Waals surface area contributed by atoms with Crippen LogP contribution in [-0.2, 0) is 13.0 Å². The molecule has 0 atom stereocenters. The predicted molar refractivity (Wildman–Crippen MR) is 102 cm³/mol. The SMILES string of the molecule is CCc1cccc(C)c1C/N=N/c1cc(C(N)=O)cn2c(C)c(C)nc12. The fraction of sp³-hybridized carbons (Fsp3) is 0.300. The van der Waals surface area contributed by atoms with Crippen LogP contribution in [-0.4, -0.2) is 15.3 Å². The number of benzene rings is 1. The fourth-order valence-electron chi connectivity index (χ4n) is 3.06. The van der Waals surface area contributed by atoms with E-state index in [1.807, 2.05) is 18.2 Å². The largest absolute Gasteiger partial charge is 0.366 e. The molecule has 134 valence electrons. The summed E-state index contributed by atoms with van der Waals surface area (Å²) in [7, 11) is 0. The van der Waals surface area contributed by atoms with Gasteiger partial charge in [0, 0.05) is 11.9 Å². The number of aromatic nitrogens is 2. The summed E-state index contributed by atoms with van der Waals surface area (Å²) in [6.45, 7) is 8.57. The van der Waals surface area contributed by atoms with Gasteiger partial charge in [-0.2, -0.15) is 10.2 Å². The molecule has 6 nitrogen and oxygen atoms in total. The lowest BCUT2D eigenvalue weighted by Crippen LogP contribution is -2.11. The van der Waals surface area contributed by atoms with E-state index in [9.17, 15) is 4.79 Å². The summed E-state index contributed by atoms with van der Waals surface area (Å²) in [6.07, 6.45) is 2.65. The van der Waals surface area contributed by atoms with Crippen LogP contribution in [0.4, 0.5) is 5.69 Å². The maximum Gasteiger partial charge on any atom is 0.250 e. The molecule has 0 aliphatic carbocycles. The van der Waals surface area contributed by atoms with E-state index in [0.717, 1.165) is 17.8 Å². The van der Waals surface area contributed by atoms with Gasteiger partial charge in [-0.15, -0.1) is 0 Å². The highest BCUT2D eigenvalue weighted by molar-refractivity contribution is 5.94. The molecule has 2 N–H and O–H groups in total. The van der Waals surface area contributed by atoms with Crippen LogP contribution in [0.25, 0.3) is 5.65 Å². The van der Waals surface area contributed by atoms with Gasteiger partial charge in [0.1, 0.15) is 5.69 Å². The average Bonchev–Trinajstić information content (AvgIpc) is 2.91. The van der Waals surface area contributed by atoms with E-state index >= 15 is 0 Å². The second-order valence-electron chi connectivity index (χ2n) is 6.42. The number of amides is 1. The minimum absolute atomic E-state index is 0.386. The third-order valence-corrected chi connectivity index (χ3v) is 4.76. The van der Waals surface area contributed by atoms with Crippen LogP contribution in [0.2, 0.25) is 0 Å². The molecule has 0 saturated heterocycles. The first kappa shape index (κ1) is 17.8. The molecule has 3 aromatic rings. The molecule has 0 bridgehead atoms. The van der Waals surface area contributed by atoms with Gasteiger partial charge < -0.3 is 10.1 Å². The number of hydrogen-bond acceptors (Lipinski definition) is 4. The Morgan fingerprint density at radius 1 is 1.27 bits per heavy atom. The molecule has 0 aliphatic heterocycles. The number of nitrogens with two attached hydrogens (primary N) is 1. The van der Waals surface area contributed by atoms with Crippen molar-refractivity contribution in [3.63, 3.8) is 0 Å². The lowest BCUT2D eigenvalue weighted by atomic mass is 10.0. The van der Waals surface area contributed by atoms with Crippen LogP contribution in [0.1, 0.15) is 45.4 Å². The third kappa shape index (κ3) is 3.22. The standard InChI is InChI=1S/C20H23N5O/c1-5-15-8-6-7-12(2)17(15)10-22-24-18-9-16(19(21)26)11-25-14(4)13(3)23-20(18)25/h6-9,11H,5,10H2,1-4H3,(H2,21,26)/b24-22+. The summed E-state index contributed by atoms with van der Waals surface area (Å²) >= 11 is 0. The lowest BCUT2D eigenvalue weighted by Gasteiger charge is -2.08. The summed E-state index contributed by atoms with van der Waals surface area (Å²) in [6, 6.07) is 7.90. The van der Waals surface area contributed by atoms with E-state index in [0.29, 0.717) is 23.4 Å². The van der Waals surface area contributed by atoms with Crippen LogP contribution in [0.5, 0.6) is 0 Å². The monoisotopic (exact) mass is 349 g/mol. The van der Waals surface area contributed by atoms with Gasteiger partial charge in [0.25, 0.3) is 0 Å². The van der Waals surface area contributed by atoms with Crippen molar-refractivity contribution in [3.8, 4) is 0 Å². The predicted octanol–water partition coefficient (Wildman–Crippen LogP) is 4.20. The van der Waals surface area contributed by atoms with Gasteiger partial charge in [-0.05, 0) is 49.9 Å². The molecule has 3 rings (SSSR count). The molecule has 26 heavy (non-hydrogen) atoms. The highest BCUT2D eigenvalue weighted by atomic mass is 16.1. The van der Waals surface area contributed by atoms with Gasteiger partial charge in [0.15, 0.2) is 5.65 Å². The molecule has 1 amide bonds. The number of azo groups is 1. The molecule has 2 heterocycles. The van der Waals surface area contributed by atoms with Crippen LogP contribution in [0.3, 0.4) is 0 Å². The Labute approximate surface area is 152 Å². The molecule has 1 aromatic carbocycles. The van der Waals surface area contributed by atoms with E-state index < -0.39 is 5.91 Å². The van der Waals surface area contributed by atoms with E-state index in [1.165, 1.54) is 16.7 Å². The summed E-state index contributed by atoms with van der Waals surface area (Å²) < 4.78 is 1.84. The minimum atomic E-state index is -0.499. The molecule has 6 heteroatoms. The molecular weight excluding hydrogens is 326 g/mol. The van der Waals surface area contributed by atoms with E-state index in [4.69, 9.17) is 5.73 Å². The number of primary amides is 1. The molecular formula is C20H23N5O. The van der Waals surface area contributed by atoms with Crippen LogP contribution in [0.15, 0.2) is 40.7 Å². The van der Waals surface area contributed by atoms with Crippen molar-refractivity contribution < 1.29 is 4.79 Å². The Morgan fingerprint density at radius 3 is 2.73 bits per heavy atom. The van der Waals surface area contributed by atoms with Crippen molar-refractivity contribution in [3.05, 3.63) is 64.1 Å². The normalized spacial score (nSPS) is 11.5. The Hall–Kier alpha value is -3.02. The van der Waals surface area contributed by atoms with Crippen molar-refractivity contribution >= 4 is 17.2 Å². The van der Waals surface area contributed by atoms with Crippen LogP contribution in [0, 0.1) is 20.8 Å². The molecule has 0 spiro atoms. The molecule has 2 aromatic heterocycles.